The summed E-state index contributed by atoms with van der Waals surface area (Å²) in [5, 5.41) is 11.2. The van der Waals surface area contributed by atoms with E-state index in [4.69, 9.17) is 4.74 Å². The maximum atomic E-state index is 12.1. The molecule has 1 aromatic heterocycles. The first-order valence-electron chi connectivity index (χ1n) is 9.11. The van der Waals surface area contributed by atoms with Crippen molar-refractivity contribution in [3.8, 4) is 11.4 Å². The van der Waals surface area contributed by atoms with Crippen molar-refractivity contribution in [2.24, 2.45) is 0 Å². The molecule has 0 radical (unpaired) electrons. The van der Waals surface area contributed by atoms with Gasteiger partial charge in [-0.2, -0.15) is 0 Å². The van der Waals surface area contributed by atoms with Crippen molar-refractivity contribution >= 4 is 5.91 Å². The van der Waals surface area contributed by atoms with Gasteiger partial charge in [0.25, 0.3) is 0 Å². The van der Waals surface area contributed by atoms with E-state index < -0.39 is 0 Å². The lowest BCUT2D eigenvalue weighted by atomic mass is 10.1. The lowest BCUT2D eigenvalue weighted by Gasteiger charge is -2.09. The summed E-state index contributed by atoms with van der Waals surface area (Å²) in [6, 6.07) is 17.7. The Labute approximate surface area is 159 Å². The van der Waals surface area contributed by atoms with Gasteiger partial charge in [-0.15, -0.1) is 10.2 Å². The van der Waals surface area contributed by atoms with E-state index in [2.05, 4.69) is 15.5 Å². The first kappa shape index (κ1) is 18.6. The highest BCUT2D eigenvalue weighted by atomic mass is 16.5. The topological polar surface area (TPSA) is 69.0 Å². The van der Waals surface area contributed by atoms with E-state index in [0.717, 1.165) is 42.1 Å². The fourth-order valence-corrected chi connectivity index (χ4v) is 2.93. The largest absolute Gasteiger partial charge is 0.496 e. The van der Waals surface area contributed by atoms with Crippen LogP contribution >= 0.6 is 0 Å². The van der Waals surface area contributed by atoms with E-state index in [-0.39, 0.29) is 5.91 Å². The number of nitrogens with zero attached hydrogens (tertiary/aromatic N) is 3. The second-order valence-electron chi connectivity index (χ2n) is 6.25. The quantitative estimate of drug-likeness (QED) is 0.592. The zero-order chi connectivity index (χ0) is 18.9. The summed E-state index contributed by atoms with van der Waals surface area (Å²) in [4.78, 5) is 12.1. The minimum Gasteiger partial charge on any atom is -0.496 e. The summed E-state index contributed by atoms with van der Waals surface area (Å²) in [6.45, 7) is 0.477. The molecule has 3 aromatic rings. The van der Waals surface area contributed by atoms with Gasteiger partial charge in [-0.1, -0.05) is 36.4 Å². The van der Waals surface area contributed by atoms with E-state index in [1.807, 2.05) is 59.2 Å². The number of carbonyl (C=O) groups excluding carboxylic acids is 1. The van der Waals surface area contributed by atoms with Crippen molar-refractivity contribution in [2.75, 3.05) is 7.11 Å². The summed E-state index contributed by atoms with van der Waals surface area (Å²) in [5.41, 5.74) is 2.02. The molecule has 6 heteroatoms. The maximum absolute atomic E-state index is 12.1. The van der Waals surface area contributed by atoms with Crippen LogP contribution in [0.25, 0.3) is 5.69 Å². The third-order valence-corrected chi connectivity index (χ3v) is 4.38. The Bertz CT molecular complexity index is 861. The van der Waals surface area contributed by atoms with Crippen molar-refractivity contribution in [1.29, 1.82) is 0 Å². The fourth-order valence-electron chi connectivity index (χ4n) is 2.93. The molecule has 0 saturated carbocycles. The first-order chi connectivity index (χ1) is 13.3. The molecule has 1 heterocycles. The number of methoxy groups -OCH3 is 1. The molecule has 0 unspecified atom stereocenters. The predicted octanol–water partition coefficient (Wildman–Crippen LogP) is 3.31. The van der Waals surface area contributed by atoms with Crippen molar-refractivity contribution in [3.05, 3.63) is 72.3 Å². The zero-order valence-electron chi connectivity index (χ0n) is 15.5. The van der Waals surface area contributed by atoms with E-state index in [1.54, 1.807) is 13.4 Å². The number of amides is 1. The van der Waals surface area contributed by atoms with Crippen LogP contribution in [0.15, 0.2) is 60.9 Å². The standard InChI is InChI=1S/C21H24N4O2/c1-27-19-12-6-5-9-17(19)15-22-21(26)14-8-7-13-20-24-23-16-25(20)18-10-3-2-4-11-18/h2-6,9-12,16H,7-8,13-15H2,1H3,(H,22,26). The van der Waals surface area contributed by atoms with Gasteiger partial charge < -0.3 is 10.1 Å². The third-order valence-electron chi connectivity index (χ3n) is 4.38. The Morgan fingerprint density at radius 3 is 2.67 bits per heavy atom. The van der Waals surface area contributed by atoms with Crippen LogP contribution in [0, 0.1) is 0 Å². The number of hydrogen-bond acceptors (Lipinski definition) is 4. The van der Waals surface area contributed by atoms with E-state index in [1.165, 1.54) is 0 Å². The Hall–Kier alpha value is -3.15. The van der Waals surface area contributed by atoms with Crippen molar-refractivity contribution in [1.82, 2.24) is 20.1 Å². The molecule has 0 aliphatic rings. The highest BCUT2D eigenvalue weighted by Gasteiger charge is 2.08. The molecule has 0 spiro atoms. The number of nitrogens with one attached hydrogen (secondary N) is 1. The molecule has 0 aliphatic carbocycles. The number of unbranched alkanes of at least 4 members (excludes halogenated alkanes) is 1. The molecule has 140 valence electrons. The monoisotopic (exact) mass is 364 g/mol. The van der Waals surface area contributed by atoms with E-state index >= 15 is 0 Å². The molecule has 0 atom stereocenters. The molecule has 27 heavy (non-hydrogen) atoms. The average molecular weight is 364 g/mol. The first-order valence-corrected chi connectivity index (χ1v) is 9.11. The van der Waals surface area contributed by atoms with Gasteiger partial charge in [0.05, 0.1) is 7.11 Å². The Kier molecular flexibility index (Phi) is 6.57. The summed E-state index contributed by atoms with van der Waals surface area (Å²) >= 11 is 0. The second-order valence-corrected chi connectivity index (χ2v) is 6.25. The highest BCUT2D eigenvalue weighted by Crippen LogP contribution is 2.17. The maximum Gasteiger partial charge on any atom is 0.220 e. The van der Waals surface area contributed by atoms with Gasteiger partial charge in [0.1, 0.15) is 17.9 Å². The van der Waals surface area contributed by atoms with Gasteiger partial charge >= 0.3 is 0 Å². The number of ether oxygens (including phenoxy) is 1. The number of rotatable bonds is 9. The molecule has 6 nitrogen and oxygen atoms in total. The van der Waals surface area contributed by atoms with Crippen molar-refractivity contribution in [2.45, 2.75) is 32.2 Å². The smallest absolute Gasteiger partial charge is 0.220 e. The minimum absolute atomic E-state index is 0.0467. The normalized spacial score (nSPS) is 10.6. The van der Waals surface area contributed by atoms with Crippen LogP contribution in [0.1, 0.15) is 30.7 Å². The lowest BCUT2D eigenvalue weighted by molar-refractivity contribution is -0.121. The van der Waals surface area contributed by atoms with E-state index in [9.17, 15) is 4.79 Å². The van der Waals surface area contributed by atoms with Crippen LogP contribution in [0.3, 0.4) is 0 Å². The molecule has 0 aliphatic heterocycles. The Balaban J connectivity index is 1.42. The summed E-state index contributed by atoms with van der Waals surface area (Å²) in [6.07, 6.45) is 4.70. The molecular formula is C21H24N4O2. The van der Waals surface area contributed by atoms with Crippen molar-refractivity contribution in [3.63, 3.8) is 0 Å². The number of hydrogen-bond donors (Lipinski definition) is 1. The van der Waals surface area contributed by atoms with Crippen LogP contribution in [0.2, 0.25) is 0 Å². The molecule has 0 saturated heterocycles. The van der Waals surface area contributed by atoms with Gasteiger partial charge in [0, 0.05) is 30.6 Å². The molecule has 1 N–H and O–H groups in total. The van der Waals surface area contributed by atoms with Crippen molar-refractivity contribution < 1.29 is 9.53 Å². The molecule has 3 rings (SSSR count). The number of benzene rings is 2. The molecule has 2 aromatic carbocycles. The average Bonchev–Trinajstić information content (AvgIpc) is 3.19. The number of para-hydroxylation sites is 2. The highest BCUT2D eigenvalue weighted by molar-refractivity contribution is 5.75. The fraction of sp³-hybridized carbons (Fsp3) is 0.286. The van der Waals surface area contributed by atoms with Crippen LogP contribution in [-0.2, 0) is 17.8 Å². The molecule has 0 fully saturated rings. The predicted molar refractivity (Wildman–Crippen MR) is 104 cm³/mol. The van der Waals surface area contributed by atoms with Gasteiger partial charge in [-0.3, -0.25) is 9.36 Å². The number of aryl methyl sites for hydroxylation is 1. The van der Waals surface area contributed by atoms with Crippen LogP contribution in [0.5, 0.6) is 5.75 Å². The number of aromatic nitrogens is 3. The summed E-state index contributed by atoms with van der Waals surface area (Å²) in [7, 11) is 1.63. The SMILES string of the molecule is COc1ccccc1CNC(=O)CCCCc1nncn1-c1ccccc1. The van der Waals surface area contributed by atoms with Crippen LogP contribution in [0.4, 0.5) is 0 Å². The molecular weight excluding hydrogens is 340 g/mol. The number of carbonyl (C=O) groups is 1. The lowest BCUT2D eigenvalue weighted by Crippen LogP contribution is -2.22. The van der Waals surface area contributed by atoms with Gasteiger partial charge in [-0.05, 0) is 31.0 Å². The van der Waals surface area contributed by atoms with Gasteiger partial charge in [0.15, 0.2) is 0 Å². The summed E-state index contributed by atoms with van der Waals surface area (Å²) < 4.78 is 7.29. The Morgan fingerprint density at radius 1 is 1.07 bits per heavy atom. The van der Waals surface area contributed by atoms with Crippen LogP contribution < -0.4 is 10.1 Å². The van der Waals surface area contributed by atoms with Gasteiger partial charge in [-0.25, -0.2) is 0 Å². The Morgan fingerprint density at radius 2 is 1.85 bits per heavy atom. The summed E-state index contributed by atoms with van der Waals surface area (Å²) in [5.74, 6) is 1.75. The minimum atomic E-state index is 0.0467. The molecule has 0 bridgehead atoms. The van der Waals surface area contributed by atoms with Gasteiger partial charge in [0.2, 0.25) is 5.91 Å². The molecule has 1 amide bonds. The zero-order valence-corrected chi connectivity index (χ0v) is 15.5. The van der Waals surface area contributed by atoms with Crippen LogP contribution in [-0.4, -0.2) is 27.8 Å². The third kappa shape index (κ3) is 5.17. The second kappa shape index (κ2) is 9.52. The van der Waals surface area contributed by atoms with E-state index in [0.29, 0.717) is 13.0 Å².